The van der Waals surface area contributed by atoms with E-state index in [4.69, 9.17) is 27.0 Å². The van der Waals surface area contributed by atoms with Crippen LogP contribution in [0.25, 0.3) is 0 Å². The number of allylic oxidation sites excluding steroid dienone is 2. The highest BCUT2D eigenvalue weighted by atomic mass is 35.5. The van der Waals surface area contributed by atoms with E-state index in [9.17, 15) is 4.39 Å². The van der Waals surface area contributed by atoms with Gasteiger partial charge in [0.05, 0.1) is 5.02 Å². The molecule has 0 N–H and O–H groups in total. The molecule has 0 bridgehead atoms. The van der Waals surface area contributed by atoms with Crippen LogP contribution in [0.2, 0.25) is 5.02 Å². The summed E-state index contributed by atoms with van der Waals surface area (Å²) >= 11 is 5.86. The molecule has 1 aromatic rings. The maximum Gasteiger partial charge on any atom is 0.149 e. The van der Waals surface area contributed by atoms with Gasteiger partial charge >= 0.3 is 0 Å². The third kappa shape index (κ3) is 4.76. The van der Waals surface area contributed by atoms with Gasteiger partial charge in [0.25, 0.3) is 0 Å². The minimum atomic E-state index is -0.465. The second-order valence-corrected chi connectivity index (χ2v) is 4.81. The summed E-state index contributed by atoms with van der Waals surface area (Å²) in [5.41, 5.74) is 0.745. The highest BCUT2D eigenvalue weighted by Gasteiger charge is 2.08. The van der Waals surface area contributed by atoms with Crippen LogP contribution in [-0.4, -0.2) is 25.2 Å². The van der Waals surface area contributed by atoms with Crippen LogP contribution >= 0.6 is 11.6 Å². The van der Waals surface area contributed by atoms with E-state index in [0.29, 0.717) is 5.70 Å². The van der Waals surface area contributed by atoms with Gasteiger partial charge in [0.15, 0.2) is 0 Å². The van der Waals surface area contributed by atoms with E-state index in [1.165, 1.54) is 18.3 Å². The lowest BCUT2D eigenvalue weighted by Crippen LogP contribution is -2.13. The largest absolute Gasteiger partial charge is 0.391 e. The first-order valence-electron chi connectivity index (χ1n) is 6.28. The van der Waals surface area contributed by atoms with E-state index in [0.717, 1.165) is 0 Å². The quantitative estimate of drug-likeness (QED) is 0.458. The van der Waals surface area contributed by atoms with Gasteiger partial charge in [-0.05, 0) is 12.1 Å². The molecule has 0 aliphatic carbocycles. The Kier molecular flexibility index (Phi) is 6.88. The topological polar surface area (TPSA) is 72.4 Å². The van der Waals surface area contributed by atoms with Crippen molar-refractivity contribution in [3.8, 4) is 12.1 Å². The molecule has 0 spiro atoms. The lowest BCUT2D eigenvalue weighted by Gasteiger charge is -2.14. The molecule has 0 aliphatic heterocycles. The van der Waals surface area contributed by atoms with Crippen molar-refractivity contribution < 1.29 is 9.23 Å². The molecule has 0 unspecified atom stereocenters. The fourth-order valence-corrected chi connectivity index (χ4v) is 1.83. The average molecular weight is 321 g/mol. The van der Waals surface area contributed by atoms with Crippen LogP contribution < -0.4 is 0 Å². The van der Waals surface area contributed by atoms with Gasteiger partial charge in [0.2, 0.25) is 0 Å². The number of nitriles is 2. The van der Waals surface area contributed by atoms with Crippen LogP contribution in [0.4, 0.5) is 4.39 Å². The molecule has 0 amide bonds. The zero-order valence-corrected chi connectivity index (χ0v) is 12.9. The minimum Gasteiger partial charge on any atom is -0.391 e. The van der Waals surface area contributed by atoms with Crippen LogP contribution in [0, 0.1) is 28.5 Å². The zero-order valence-electron chi connectivity index (χ0n) is 12.2. The molecular weight excluding hydrogens is 307 g/mol. The van der Waals surface area contributed by atoms with Crippen LogP contribution in [-0.2, 0) is 11.4 Å². The summed E-state index contributed by atoms with van der Waals surface area (Å²) in [5.74, 6) is -0.465. The van der Waals surface area contributed by atoms with E-state index in [1.807, 2.05) is 12.1 Å². The standard InChI is InChI=1S/C15H14ClFN4O/c1-21(2)15(11(8-18)9-19)6-7-20-22-10-12-13(16)4-3-5-14(12)17/h3-5,7H,6,10H2,1-2H3/b20-7-. The summed E-state index contributed by atoms with van der Waals surface area (Å²) < 4.78 is 13.5. The second kappa shape index (κ2) is 8.66. The molecule has 0 radical (unpaired) electrons. The Morgan fingerprint density at radius 3 is 2.64 bits per heavy atom. The van der Waals surface area contributed by atoms with Crippen LogP contribution in [0.1, 0.15) is 12.0 Å². The maximum absolute atomic E-state index is 13.5. The second-order valence-electron chi connectivity index (χ2n) is 4.41. The number of hydrogen-bond donors (Lipinski definition) is 0. The SMILES string of the molecule is CN(C)C(C/C=N\OCc1c(F)cccc1Cl)=C(C#N)C#N. The summed E-state index contributed by atoms with van der Waals surface area (Å²) in [4.78, 5) is 6.65. The maximum atomic E-state index is 13.5. The molecule has 0 saturated heterocycles. The van der Waals surface area contributed by atoms with Gasteiger partial charge in [-0.3, -0.25) is 0 Å². The van der Waals surface area contributed by atoms with Crippen molar-refractivity contribution in [2.75, 3.05) is 14.1 Å². The minimum absolute atomic E-state index is 0.00796. The zero-order chi connectivity index (χ0) is 16.5. The van der Waals surface area contributed by atoms with Gasteiger partial charge in [-0.25, -0.2) is 4.39 Å². The molecule has 0 fully saturated rings. The van der Waals surface area contributed by atoms with Crippen molar-refractivity contribution in [3.05, 3.63) is 45.9 Å². The molecule has 5 nitrogen and oxygen atoms in total. The van der Waals surface area contributed by atoms with E-state index in [2.05, 4.69) is 5.16 Å². The number of halogens is 2. The van der Waals surface area contributed by atoms with Gasteiger partial charge in [0, 0.05) is 38.0 Å². The summed E-state index contributed by atoms with van der Waals surface area (Å²) in [5, 5.41) is 21.7. The van der Waals surface area contributed by atoms with Gasteiger partial charge in [-0.1, -0.05) is 22.8 Å². The van der Waals surface area contributed by atoms with Crippen molar-refractivity contribution in [3.63, 3.8) is 0 Å². The Balaban J connectivity index is 2.66. The Morgan fingerprint density at radius 1 is 1.41 bits per heavy atom. The molecule has 0 heterocycles. The highest BCUT2D eigenvalue weighted by molar-refractivity contribution is 6.31. The van der Waals surface area contributed by atoms with Crippen molar-refractivity contribution in [1.29, 1.82) is 10.5 Å². The smallest absolute Gasteiger partial charge is 0.149 e. The Labute approximate surface area is 133 Å². The molecule has 0 saturated carbocycles. The molecule has 0 atom stereocenters. The molecule has 7 heteroatoms. The molecule has 1 rings (SSSR count). The third-order valence-corrected chi connectivity index (χ3v) is 3.11. The monoisotopic (exact) mass is 320 g/mol. The summed E-state index contributed by atoms with van der Waals surface area (Å²) in [7, 11) is 3.44. The lowest BCUT2D eigenvalue weighted by atomic mass is 10.2. The van der Waals surface area contributed by atoms with Gasteiger partial charge in [-0.2, -0.15) is 10.5 Å². The van der Waals surface area contributed by atoms with Crippen LogP contribution in [0.3, 0.4) is 0 Å². The van der Waals surface area contributed by atoms with Crippen molar-refractivity contribution in [2.24, 2.45) is 5.16 Å². The molecule has 0 aliphatic rings. The Morgan fingerprint density at radius 2 is 2.09 bits per heavy atom. The van der Waals surface area contributed by atoms with Crippen LogP contribution in [0.5, 0.6) is 0 Å². The first kappa shape index (κ1) is 17.5. The van der Waals surface area contributed by atoms with E-state index < -0.39 is 5.82 Å². The predicted molar refractivity (Wildman–Crippen MR) is 81.2 cm³/mol. The van der Waals surface area contributed by atoms with Crippen molar-refractivity contribution >= 4 is 17.8 Å². The first-order chi connectivity index (χ1) is 10.5. The summed E-state index contributed by atoms with van der Waals surface area (Å²) in [6, 6.07) is 7.99. The fraction of sp³-hybridized carbons (Fsp3) is 0.267. The Hall–Kier alpha value is -2.57. The number of rotatable bonds is 6. The summed E-state index contributed by atoms with van der Waals surface area (Å²) in [6.45, 7) is -0.105. The van der Waals surface area contributed by atoms with E-state index >= 15 is 0 Å². The predicted octanol–water partition coefficient (Wildman–Crippen LogP) is 3.23. The highest BCUT2D eigenvalue weighted by Crippen LogP contribution is 2.19. The third-order valence-electron chi connectivity index (χ3n) is 2.76. The van der Waals surface area contributed by atoms with Crippen molar-refractivity contribution in [1.82, 2.24) is 4.90 Å². The van der Waals surface area contributed by atoms with Gasteiger partial charge in [0.1, 0.15) is 30.1 Å². The van der Waals surface area contributed by atoms with Gasteiger partial charge < -0.3 is 9.74 Å². The van der Waals surface area contributed by atoms with E-state index in [1.54, 1.807) is 25.1 Å². The molecule has 22 heavy (non-hydrogen) atoms. The first-order valence-corrected chi connectivity index (χ1v) is 6.66. The lowest BCUT2D eigenvalue weighted by molar-refractivity contribution is 0.129. The molecular formula is C15H14ClFN4O. The normalized spacial score (nSPS) is 9.91. The molecule has 1 aromatic carbocycles. The molecule has 0 aromatic heterocycles. The van der Waals surface area contributed by atoms with Crippen molar-refractivity contribution in [2.45, 2.75) is 13.0 Å². The number of oxime groups is 1. The fourth-order valence-electron chi connectivity index (χ4n) is 1.61. The molecule has 114 valence electrons. The number of hydrogen-bond acceptors (Lipinski definition) is 5. The Bertz CT molecular complexity index is 635. The van der Waals surface area contributed by atoms with E-state index in [-0.39, 0.29) is 29.2 Å². The average Bonchev–Trinajstić information content (AvgIpc) is 2.48. The van der Waals surface area contributed by atoms with Gasteiger partial charge in [-0.15, -0.1) is 0 Å². The number of benzene rings is 1. The number of nitrogens with zero attached hydrogens (tertiary/aromatic N) is 4. The van der Waals surface area contributed by atoms with Crippen LogP contribution in [0.15, 0.2) is 34.6 Å². The summed E-state index contributed by atoms with van der Waals surface area (Å²) in [6.07, 6.45) is 1.65.